The molecule has 0 aromatic heterocycles. The zero-order valence-corrected chi connectivity index (χ0v) is 15.9. The van der Waals surface area contributed by atoms with Gasteiger partial charge in [0.15, 0.2) is 6.10 Å². The van der Waals surface area contributed by atoms with E-state index in [1.54, 1.807) is 19.1 Å². The van der Waals surface area contributed by atoms with Crippen molar-refractivity contribution in [1.29, 1.82) is 0 Å². The summed E-state index contributed by atoms with van der Waals surface area (Å²) in [6.45, 7) is 3.27. The third kappa shape index (κ3) is 10.5. The summed E-state index contributed by atoms with van der Waals surface area (Å²) in [5.41, 5.74) is 0.722. The molecule has 1 atom stereocenters. The van der Waals surface area contributed by atoms with Gasteiger partial charge in [-0.2, -0.15) is 8.42 Å². The Kier molecular flexibility index (Phi) is 11.1. The summed E-state index contributed by atoms with van der Waals surface area (Å²) in [4.78, 5) is 12.0. The largest absolute Gasteiger partial charge is 0.464 e. The van der Waals surface area contributed by atoms with Crippen LogP contribution in [-0.2, 0) is 38.0 Å². The first-order chi connectivity index (χ1) is 12.4. The van der Waals surface area contributed by atoms with E-state index in [1.807, 2.05) is 18.2 Å². The normalized spacial score (nSPS) is 12.7. The van der Waals surface area contributed by atoms with Crippen molar-refractivity contribution < 1.29 is 36.3 Å². The van der Waals surface area contributed by atoms with Gasteiger partial charge in [0.25, 0.3) is 10.1 Å². The first kappa shape index (κ1) is 22.5. The monoisotopic (exact) mass is 390 g/mol. The predicted molar refractivity (Wildman–Crippen MR) is 94.2 cm³/mol. The summed E-state index contributed by atoms with van der Waals surface area (Å²) >= 11 is 0. The quantitative estimate of drug-likeness (QED) is 0.266. The van der Waals surface area contributed by atoms with Crippen LogP contribution in [0.3, 0.4) is 0 Å². The van der Waals surface area contributed by atoms with Gasteiger partial charge in [-0.1, -0.05) is 30.3 Å². The second-order valence-electron chi connectivity index (χ2n) is 5.16. The van der Waals surface area contributed by atoms with Crippen LogP contribution in [0.1, 0.15) is 18.6 Å². The topological polar surface area (TPSA) is 97.4 Å². The van der Waals surface area contributed by atoms with Gasteiger partial charge in [-0.3, -0.25) is 4.18 Å². The molecule has 0 amide bonds. The lowest BCUT2D eigenvalue weighted by Gasteiger charge is -2.17. The first-order valence-corrected chi connectivity index (χ1v) is 10.1. The summed E-state index contributed by atoms with van der Waals surface area (Å²) in [5.74, 6) is -0.437. The van der Waals surface area contributed by atoms with Gasteiger partial charge >= 0.3 is 5.97 Å². The Morgan fingerprint density at radius 1 is 0.962 bits per heavy atom. The van der Waals surface area contributed by atoms with Crippen molar-refractivity contribution in [2.75, 3.05) is 52.5 Å². The van der Waals surface area contributed by atoms with E-state index in [0.717, 1.165) is 11.8 Å². The predicted octanol–water partition coefficient (Wildman–Crippen LogP) is 1.32. The molecule has 0 fully saturated rings. The van der Waals surface area contributed by atoms with E-state index in [-0.39, 0.29) is 33.0 Å². The molecule has 1 aromatic rings. The molecule has 0 saturated heterocycles. The molecule has 0 saturated carbocycles. The molecule has 0 aliphatic carbocycles. The maximum atomic E-state index is 12.0. The highest BCUT2D eigenvalue weighted by atomic mass is 32.2. The zero-order valence-electron chi connectivity index (χ0n) is 15.1. The Balaban J connectivity index is 2.18. The Hall–Kier alpha value is -1.52. The SMILES string of the molecule is CCOC(=O)C(OCCOCCOCCOS(C)(=O)=O)c1ccccc1. The van der Waals surface area contributed by atoms with Gasteiger partial charge in [0.05, 0.1) is 52.5 Å². The van der Waals surface area contributed by atoms with Gasteiger partial charge in [-0.05, 0) is 12.5 Å². The molecule has 9 heteroatoms. The Morgan fingerprint density at radius 2 is 1.54 bits per heavy atom. The lowest BCUT2D eigenvalue weighted by molar-refractivity contribution is -0.158. The molecule has 0 aliphatic rings. The van der Waals surface area contributed by atoms with Gasteiger partial charge < -0.3 is 18.9 Å². The van der Waals surface area contributed by atoms with E-state index in [0.29, 0.717) is 13.2 Å². The number of esters is 1. The van der Waals surface area contributed by atoms with Crippen molar-refractivity contribution >= 4 is 16.1 Å². The Bertz CT molecular complexity index is 602. The van der Waals surface area contributed by atoms with Gasteiger partial charge in [0.2, 0.25) is 0 Å². The lowest BCUT2D eigenvalue weighted by Crippen LogP contribution is -2.21. The van der Waals surface area contributed by atoms with Crippen molar-refractivity contribution in [3.05, 3.63) is 35.9 Å². The Morgan fingerprint density at radius 3 is 2.12 bits per heavy atom. The molecule has 0 bridgehead atoms. The molecule has 1 aromatic carbocycles. The average Bonchev–Trinajstić information content (AvgIpc) is 2.59. The van der Waals surface area contributed by atoms with Crippen molar-refractivity contribution in [3.8, 4) is 0 Å². The molecule has 26 heavy (non-hydrogen) atoms. The summed E-state index contributed by atoms with van der Waals surface area (Å²) in [6, 6.07) is 9.11. The summed E-state index contributed by atoms with van der Waals surface area (Å²) in [6.07, 6.45) is 0.193. The number of carbonyl (C=O) groups excluding carboxylic acids is 1. The summed E-state index contributed by atoms with van der Waals surface area (Å²) in [7, 11) is -3.44. The number of benzene rings is 1. The minimum Gasteiger partial charge on any atom is -0.464 e. The minimum atomic E-state index is -3.44. The van der Waals surface area contributed by atoms with Crippen LogP contribution in [0.15, 0.2) is 30.3 Å². The van der Waals surface area contributed by atoms with Gasteiger partial charge in [0, 0.05) is 0 Å². The Labute approximate surface area is 154 Å². The fourth-order valence-electron chi connectivity index (χ4n) is 1.94. The standard InChI is InChI=1S/C17H26O8S/c1-3-23-17(18)16(15-7-5-4-6-8-15)24-13-11-21-9-10-22-12-14-25-26(2,19)20/h4-8,16H,3,9-14H2,1-2H3. The van der Waals surface area contributed by atoms with E-state index >= 15 is 0 Å². The van der Waals surface area contributed by atoms with Crippen LogP contribution < -0.4 is 0 Å². The van der Waals surface area contributed by atoms with Crippen LogP contribution in [0.2, 0.25) is 0 Å². The third-order valence-corrected chi connectivity index (χ3v) is 3.61. The number of hydrogen-bond acceptors (Lipinski definition) is 8. The van der Waals surface area contributed by atoms with Crippen LogP contribution in [0.5, 0.6) is 0 Å². The van der Waals surface area contributed by atoms with Crippen LogP contribution >= 0.6 is 0 Å². The molecule has 1 rings (SSSR count). The van der Waals surface area contributed by atoms with Gasteiger partial charge in [-0.15, -0.1) is 0 Å². The molecule has 8 nitrogen and oxygen atoms in total. The fraction of sp³-hybridized carbons (Fsp3) is 0.588. The van der Waals surface area contributed by atoms with Crippen LogP contribution in [0, 0.1) is 0 Å². The van der Waals surface area contributed by atoms with Gasteiger partial charge in [-0.25, -0.2) is 4.79 Å². The maximum Gasteiger partial charge on any atom is 0.339 e. The van der Waals surface area contributed by atoms with Crippen molar-refractivity contribution in [2.24, 2.45) is 0 Å². The van der Waals surface area contributed by atoms with Gasteiger partial charge in [0.1, 0.15) is 0 Å². The summed E-state index contributed by atoms with van der Waals surface area (Å²) < 4.78 is 47.1. The lowest BCUT2D eigenvalue weighted by atomic mass is 10.1. The van der Waals surface area contributed by atoms with Crippen LogP contribution in [-0.4, -0.2) is 66.9 Å². The molecule has 148 valence electrons. The van der Waals surface area contributed by atoms with E-state index in [9.17, 15) is 13.2 Å². The third-order valence-electron chi connectivity index (χ3n) is 3.01. The van der Waals surface area contributed by atoms with E-state index in [2.05, 4.69) is 4.18 Å². The number of ether oxygens (including phenoxy) is 4. The number of hydrogen-bond donors (Lipinski definition) is 0. The molecule has 0 radical (unpaired) electrons. The fourth-order valence-corrected chi connectivity index (χ4v) is 2.31. The van der Waals surface area contributed by atoms with Crippen LogP contribution in [0.25, 0.3) is 0 Å². The molecule has 0 heterocycles. The minimum absolute atomic E-state index is 0.0275. The summed E-state index contributed by atoms with van der Waals surface area (Å²) in [5, 5.41) is 0. The molecular formula is C17H26O8S. The van der Waals surface area contributed by atoms with E-state index in [1.165, 1.54) is 0 Å². The molecular weight excluding hydrogens is 364 g/mol. The van der Waals surface area contributed by atoms with Crippen molar-refractivity contribution in [3.63, 3.8) is 0 Å². The highest BCUT2D eigenvalue weighted by Crippen LogP contribution is 2.18. The van der Waals surface area contributed by atoms with E-state index in [4.69, 9.17) is 18.9 Å². The number of carbonyl (C=O) groups is 1. The molecule has 0 aliphatic heterocycles. The average molecular weight is 390 g/mol. The smallest absolute Gasteiger partial charge is 0.339 e. The molecule has 0 N–H and O–H groups in total. The highest BCUT2D eigenvalue weighted by molar-refractivity contribution is 7.85. The maximum absolute atomic E-state index is 12.0. The molecule has 0 spiro atoms. The molecule has 1 unspecified atom stereocenters. The second-order valence-corrected chi connectivity index (χ2v) is 6.81. The second kappa shape index (κ2) is 12.8. The van der Waals surface area contributed by atoms with Crippen molar-refractivity contribution in [1.82, 2.24) is 0 Å². The van der Waals surface area contributed by atoms with Crippen molar-refractivity contribution in [2.45, 2.75) is 13.0 Å². The highest BCUT2D eigenvalue weighted by Gasteiger charge is 2.22. The zero-order chi connectivity index (χ0) is 19.3. The van der Waals surface area contributed by atoms with E-state index < -0.39 is 22.2 Å². The first-order valence-electron chi connectivity index (χ1n) is 8.27. The number of rotatable bonds is 14. The van der Waals surface area contributed by atoms with Crippen LogP contribution in [0.4, 0.5) is 0 Å².